The first-order valence-corrected chi connectivity index (χ1v) is 6.65. The molecule has 0 aliphatic heterocycles. The van der Waals surface area contributed by atoms with E-state index in [0.717, 1.165) is 3.57 Å². The largest absolute Gasteiger partial charge is 0.476 e. The summed E-state index contributed by atoms with van der Waals surface area (Å²) in [5.41, 5.74) is -0.0905. The number of halogens is 2. The van der Waals surface area contributed by atoms with Crippen LogP contribution in [0.4, 0.5) is 0 Å². The molecule has 0 amide bonds. The van der Waals surface area contributed by atoms with Crippen LogP contribution >= 0.6 is 34.2 Å². The van der Waals surface area contributed by atoms with Gasteiger partial charge in [0.25, 0.3) is 0 Å². The molecular formula is C12H8ClIN2O3. The van der Waals surface area contributed by atoms with Crippen molar-refractivity contribution in [3.05, 3.63) is 54.5 Å². The predicted octanol–water partition coefficient (Wildman–Crippen LogP) is 2.50. The van der Waals surface area contributed by atoms with Crippen molar-refractivity contribution >= 4 is 40.2 Å². The average molecular weight is 391 g/mol. The summed E-state index contributed by atoms with van der Waals surface area (Å²) in [4.78, 5) is 22.7. The zero-order chi connectivity index (χ0) is 14.2. The standard InChI is InChI=1S/C12H8ClIN2O3/c1-6-5-16(15-10(11(6)17)12(18)19)9-3-2-7(13)4-8(9)14/h2-5H,1H3,(H,18,19). The number of nitrogens with zero attached hydrogens (tertiary/aromatic N) is 2. The molecule has 0 atom stereocenters. The summed E-state index contributed by atoms with van der Waals surface area (Å²) in [7, 11) is 0. The van der Waals surface area contributed by atoms with Gasteiger partial charge >= 0.3 is 5.97 Å². The van der Waals surface area contributed by atoms with Gasteiger partial charge in [0.05, 0.1) is 5.69 Å². The van der Waals surface area contributed by atoms with E-state index in [-0.39, 0.29) is 0 Å². The van der Waals surface area contributed by atoms with Gasteiger partial charge in [-0.15, -0.1) is 0 Å². The fraction of sp³-hybridized carbons (Fsp3) is 0.0833. The lowest BCUT2D eigenvalue weighted by atomic mass is 10.2. The van der Waals surface area contributed by atoms with E-state index in [2.05, 4.69) is 27.7 Å². The first-order valence-electron chi connectivity index (χ1n) is 5.19. The Kier molecular flexibility index (Phi) is 3.91. The van der Waals surface area contributed by atoms with Crippen LogP contribution in [0, 0.1) is 10.5 Å². The summed E-state index contributed by atoms with van der Waals surface area (Å²) < 4.78 is 2.18. The molecule has 1 N–H and O–H groups in total. The van der Waals surface area contributed by atoms with Gasteiger partial charge in [0.1, 0.15) is 0 Å². The number of hydrogen-bond donors (Lipinski definition) is 1. The van der Waals surface area contributed by atoms with Crippen LogP contribution < -0.4 is 5.43 Å². The fourth-order valence-electron chi connectivity index (χ4n) is 1.54. The maximum absolute atomic E-state index is 11.7. The van der Waals surface area contributed by atoms with Crippen molar-refractivity contribution in [1.82, 2.24) is 9.78 Å². The molecule has 2 rings (SSSR count). The van der Waals surface area contributed by atoms with Gasteiger partial charge in [-0.05, 0) is 47.7 Å². The van der Waals surface area contributed by atoms with E-state index >= 15 is 0 Å². The lowest BCUT2D eigenvalue weighted by molar-refractivity contribution is 0.0686. The number of carbonyl (C=O) groups is 1. The van der Waals surface area contributed by atoms with Crippen LogP contribution in [-0.4, -0.2) is 20.9 Å². The molecule has 19 heavy (non-hydrogen) atoms. The molecule has 0 spiro atoms. The molecule has 0 aliphatic carbocycles. The van der Waals surface area contributed by atoms with Crippen molar-refractivity contribution in [2.45, 2.75) is 6.92 Å². The van der Waals surface area contributed by atoms with Crippen LogP contribution in [0.15, 0.2) is 29.2 Å². The van der Waals surface area contributed by atoms with E-state index < -0.39 is 17.1 Å². The van der Waals surface area contributed by atoms with Crippen LogP contribution in [0.5, 0.6) is 0 Å². The molecule has 0 saturated carbocycles. The van der Waals surface area contributed by atoms with Crippen LogP contribution in [0.2, 0.25) is 5.02 Å². The van der Waals surface area contributed by atoms with Gasteiger partial charge in [0.2, 0.25) is 11.1 Å². The summed E-state index contributed by atoms with van der Waals surface area (Å²) >= 11 is 7.93. The molecule has 0 aliphatic rings. The van der Waals surface area contributed by atoms with Crippen molar-refractivity contribution < 1.29 is 9.90 Å². The number of aryl methyl sites for hydroxylation is 1. The predicted molar refractivity (Wildman–Crippen MR) is 79.3 cm³/mol. The Bertz CT molecular complexity index is 727. The van der Waals surface area contributed by atoms with E-state index in [1.807, 2.05) is 0 Å². The van der Waals surface area contributed by atoms with E-state index in [4.69, 9.17) is 16.7 Å². The normalized spacial score (nSPS) is 10.5. The molecule has 0 radical (unpaired) electrons. The number of rotatable bonds is 2. The summed E-state index contributed by atoms with van der Waals surface area (Å²) in [6.45, 7) is 1.55. The lowest BCUT2D eigenvalue weighted by Gasteiger charge is -2.09. The molecule has 0 saturated heterocycles. The first-order chi connectivity index (χ1) is 8.90. The maximum Gasteiger partial charge on any atom is 0.360 e. The highest BCUT2D eigenvalue weighted by Gasteiger charge is 2.15. The fourth-order valence-corrected chi connectivity index (χ4v) is 2.66. The third-order valence-corrected chi connectivity index (χ3v) is 3.56. The summed E-state index contributed by atoms with van der Waals surface area (Å²) in [6.07, 6.45) is 1.50. The summed E-state index contributed by atoms with van der Waals surface area (Å²) in [6, 6.07) is 5.12. The SMILES string of the molecule is Cc1cn(-c2ccc(Cl)cc2I)nc(C(=O)O)c1=O. The first kappa shape index (κ1) is 14.0. The van der Waals surface area contributed by atoms with E-state index in [0.29, 0.717) is 16.3 Å². The second-order valence-electron chi connectivity index (χ2n) is 3.84. The topological polar surface area (TPSA) is 72.2 Å². The second-order valence-corrected chi connectivity index (χ2v) is 5.43. The number of benzene rings is 1. The highest BCUT2D eigenvalue weighted by Crippen LogP contribution is 2.20. The van der Waals surface area contributed by atoms with Crippen molar-refractivity contribution in [3.8, 4) is 5.69 Å². The molecular weight excluding hydrogens is 383 g/mol. The number of aromatic nitrogens is 2. The van der Waals surface area contributed by atoms with Gasteiger partial charge in [-0.2, -0.15) is 5.10 Å². The van der Waals surface area contributed by atoms with E-state index in [9.17, 15) is 9.59 Å². The molecule has 1 aromatic heterocycles. The van der Waals surface area contributed by atoms with Crippen molar-refractivity contribution in [3.63, 3.8) is 0 Å². The van der Waals surface area contributed by atoms with Gasteiger partial charge in [0, 0.05) is 20.4 Å². The van der Waals surface area contributed by atoms with Crippen molar-refractivity contribution in [2.75, 3.05) is 0 Å². The molecule has 2 aromatic rings. The molecule has 0 bridgehead atoms. The molecule has 1 heterocycles. The highest BCUT2D eigenvalue weighted by atomic mass is 127. The van der Waals surface area contributed by atoms with Gasteiger partial charge in [-0.3, -0.25) is 4.79 Å². The molecule has 1 aromatic carbocycles. The monoisotopic (exact) mass is 390 g/mol. The number of aromatic carboxylic acids is 1. The molecule has 0 unspecified atom stereocenters. The summed E-state index contributed by atoms with van der Waals surface area (Å²) in [5.74, 6) is -1.34. The van der Waals surface area contributed by atoms with Gasteiger partial charge in [-0.1, -0.05) is 11.6 Å². The zero-order valence-electron chi connectivity index (χ0n) is 9.72. The average Bonchev–Trinajstić information content (AvgIpc) is 2.32. The van der Waals surface area contributed by atoms with Gasteiger partial charge in [0.15, 0.2) is 0 Å². The number of carboxylic acid groups (broad SMARTS) is 1. The molecule has 7 heteroatoms. The van der Waals surface area contributed by atoms with Crippen molar-refractivity contribution in [1.29, 1.82) is 0 Å². The Morgan fingerprint density at radius 3 is 2.74 bits per heavy atom. The zero-order valence-corrected chi connectivity index (χ0v) is 12.6. The number of hydrogen-bond acceptors (Lipinski definition) is 3. The molecule has 5 nitrogen and oxygen atoms in total. The highest BCUT2D eigenvalue weighted by molar-refractivity contribution is 14.1. The smallest absolute Gasteiger partial charge is 0.360 e. The minimum atomic E-state index is -1.34. The van der Waals surface area contributed by atoms with Crippen LogP contribution in [-0.2, 0) is 0 Å². The minimum Gasteiger partial charge on any atom is -0.476 e. The molecule has 0 fully saturated rings. The Morgan fingerprint density at radius 2 is 2.16 bits per heavy atom. The quantitative estimate of drug-likeness (QED) is 0.800. The Labute approximate surface area is 127 Å². The second kappa shape index (κ2) is 5.30. The van der Waals surface area contributed by atoms with Crippen molar-refractivity contribution in [2.24, 2.45) is 0 Å². The van der Waals surface area contributed by atoms with E-state index in [1.54, 1.807) is 25.1 Å². The van der Waals surface area contributed by atoms with Gasteiger partial charge in [-0.25, -0.2) is 9.48 Å². The number of carboxylic acids is 1. The van der Waals surface area contributed by atoms with Gasteiger partial charge < -0.3 is 5.11 Å². The Morgan fingerprint density at radius 1 is 1.47 bits per heavy atom. The van der Waals surface area contributed by atoms with Crippen LogP contribution in [0.3, 0.4) is 0 Å². The Hall–Kier alpha value is -1.41. The van der Waals surface area contributed by atoms with E-state index in [1.165, 1.54) is 10.9 Å². The van der Waals surface area contributed by atoms with Crippen LogP contribution in [0.25, 0.3) is 5.69 Å². The lowest BCUT2D eigenvalue weighted by Crippen LogP contribution is -2.23. The Balaban J connectivity index is 2.70. The minimum absolute atomic E-state index is 0.318. The summed E-state index contributed by atoms with van der Waals surface area (Å²) in [5, 5.41) is 13.4. The van der Waals surface area contributed by atoms with Crippen LogP contribution in [0.1, 0.15) is 16.1 Å². The molecule has 98 valence electrons. The maximum atomic E-state index is 11.7. The third-order valence-electron chi connectivity index (χ3n) is 2.46. The third kappa shape index (κ3) is 2.79.